The Hall–Kier alpha value is -2.44. The van der Waals surface area contributed by atoms with Crippen molar-refractivity contribution in [2.45, 2.75) is 38.5 Å². The van der Waals surface area contributed by atoms with E-state index in [1.54, 1.807) is 4.68 Å². The minimum atomic E-state index is -0.357. The summed E-state index contributed by atoms with van der Waals surface area (Å²) < 4.78 is 1.72. The predicted octanol–water partition coefficient (Wildman–Crippen LogP) is 1.15. The lowest BCUT2D eigenvalue weighted by atomic mass is 10.1. The highest BCUT2D eigenvalue weighted by Gasteiger charge is 2.28. The van der Waals surface area contributed by atoms with Gasteiger partial charge in [-0.25, -0.2) is 4.98 Å². The summed E-state index contributed by atoms with van der Waals surface area (Å²) in [6.07, 6.45) is 3.05. The summed E-state index contributed by atoms with van der Waals surface area (Å²) in [6.45, 7) is 2.30. The second-order valence-corrected chi connectivity index (χ2v) is 6.10. The number of pyridine rings is 1. The van der Waals surface area contributed by atoms with Crippen LogP contribution in [0.3, 0.4) is 0 Å². The van der Waals surface area contributed by atoms with Gasteiger partial charge in [0.2, 0.25) is 5.91 Å². The quantitative estimate of drug-likeness (QED) is 0.780. The van der Waals surface area contributed by atoms with Gasteiger partial charge in [-0.15, -0.1) is 0 Å². The van der Waals surface area contributed by atoms with Gasteiger partial charge >= 0.3 is 0 Å². The molecular weight excluding hydrogens is 294 g/mol. The van der Waals surface area contributed by atoms with Gasteiger partial charge < -0.3 is 11.1 Å². The number of nitrogens with one attached hydrogen (secondary N) is 1. The van der Waals surface area contributed by atoms with Crippen LogP contribution in [-0.2, 0) is 11.8 Å². The number of aryl methyl sites for hydroxylation is 2. The Balaban J connectivity index is 1.88. The molecule has 1 aliphatic carbocycles. The van der Waals surface area contributed by atoms with Crippen molar-refractivity contribution in [1.82, 2.24) is 20.1 Å². The van der Waals surface area contributed by atoms with Crippen LogP contribution in [0.2, 0.25) is 0 Å². The van der Waals surface area contributed by atoms with Crippen molar-refractivity contribution < 1.29 is 9.59 Å². The highest BCUT2D eigenvalue weighted by Crippen LogP contribution is 2.40. The van der Waals surface area contributed by atoms with Gasteiger partial charge in [-0.1, -0.05) is 0 Å². The van der Waals surface area contributed by atoms with Gasteiger partial charge in [-0.2, -0.15) is 5.10 Å². The molecule has 0 atom stereocenters. The lowest BCUT2D eigenvalue weighted by Crippen LogP contribution is -2.26. The lowest BCUT2D eigenvalue weighted by molar-refractivity contribution is -0.118. The lowest BCUT2D eigenvalue weighted by Gasteiger charge is -2.08. The highest BCUT2D eigenvalue weighted by molar-refractivity contribution is 6.06. The molecule has 122 valence electrons. The second-order valence-electron chi connectivity index (χ2n) is 6.10. The fourth-order valence-corrected chi connectivity index (χ4v) is 2.79. The summed E-state index contributed by atoms with van der Waals surface area (Å²) in [7, 11) is 1.84. The highest BCUT2D eigenvalue weighted by atomic mass is 16.2. The zero-order valence-corrected chi connectivity index (χ0v) is 13.4. The number of fused-ring (bicyclic) bond motifs is 1. The van der Waals surface area contributed by atoms with Crippen LogP contribution in [-0.4, -0.2) is 33.1 Å². The number of nitrogens with zero attached hydrogens (tertiary/aromatic N) is 3. The van der Waals surface area contributed by atoms with Crippen LogP contribution >= 0.6 is 0 Å². The van der Waals surface area contributed by atoms with Crippen molar-refractivity contribution in [2.75, 3.05) is 6.54 Å². The number of aromatic nitrogens is 3. The van der Waals surface area contributed by atoms with Gasteiger partial charge in [0.25, 0.3) is 5.91 Å². The van der Waals surface area contributed by atoms with Gasteiger partial charge in [0.15, 0.2) is 5.65 Å². The van der Waals surface area contributed by atoms with Crippen LogP contribution in [0.25, 0.3) is 11.0 Å². The van der Waals surface area contributed by atoms with Crippen LogP contribution < -0.4 is 11.1 Å². The monoisotopic (exact) mass is 315 g/mol. The number of amides is 2. The molecule has 3 N–H and O–H groups in total. The minimum Gasteiger partial charge on any atom is -0.370 e. The van der Waals surface area contributed by atoms with Crippen molar-refractivity contribution in [3.8, 4) is 0 Å². The largest absolute Gasteiger partial charge is 0.370 e. The molecule has 23 heavy (non-hydrogen) atoms. The molecular formula is C16H21N5O2. The molecule has 0 unspecified atom stereocenters. The Morgan fingerprint density at radius 1 is 1.43 bits per heavy atom. The standard InChI is InChI=1S/C16H21N5O2/c1-9-14-11(16(23)18-7-3-4-13(17)22)8-12(10-5-6-10)19-15(14)21(2)20-9/h8,10H,3-7H2,1-2H3,(H2,17,22)(H,18,23). The van der Waals surface area contributed by atoms with E-state index in [0.717, 1.165) is 35.3 Å². The fraction of sp³-hybridized carbons (Fsp3) is 0.500. The molecule has 2 aromatic heterocycles. The minimum absolute atomic E-state index is 0.153. The normalized spacial score (nSPS) is 14.2. The van der Waals surface area contributed by atoms with Crippen LogP contribution in [0.4, 0.5) is 0 Å². The molecule has 1 aliphatic rings. The SMILES string of the molecule is Cc1nn(C)c2nc(C3CC3)cc(C(=O)NCCCC(N)=O)c12. The molecule has 0 bridgehead atoms. The maximum atomic E-state index is 12.6. The van der Waals surface area contributed by atoms with E-state index in [1.807, 2.05) is 20.0 Å². The third-order valence-electron chi connectivity index (χ3n) is 4.11. The van der Waals surface area contributed by atoms with E-state index >= 15 is 0 Å². The number of carbonyl (C=O) groups is 2. The smallest absolute Gasteiger partial charge is 0.252 e. The molecule has 2 amide bonds. The summed E-state index contributed by atoms with van der Waals surface area (Å²) in [5, 5.41) is 8.04. The maximum absolute atomic E-state index is 12.6. The first-order chi connectivity index (χ1) is 11.0. The molecule has 1 saturated carbocycles. The maximum Gasteiger partial charge on any atom is 0.252 e. The summed E-state index contributed by atoms with van der Waals surface area (Å²) in [6, 6.07) is 1.89. The Morgan fingerprint density at radius 3 is 2.83 bits per heavy atom. The third kappa shape index (κ3) is 3.18. The average molecular weight is 315 g/mol. The first-order valence-electron chi connectivity index (χ1n) is 7.88. The van der Waals surface area contributed by atoms with Gasteiger partial charge in [0.1, 0.15) is 0 Å². The topological polar surface area (TPSA) is 103 Å². The number of primary amides is 1. The summed E-state index contributed by atoms with van der Waals surface area (Å²) in [5.74, 6) is -0.0550. The summed E-state index contributed by atoms with van der Waals surface area (Å²) >= 11 is 0. The van der Waals surface area contributed by atoms with Crippen molar-refractivity contribution in [3.05, 3.63) is 23.0 Å². The number of hydrogen-bond donors (Lipinski definition) is 2. The van der Waals surface area contributed by atoms with Crippen molar-refractivity contribution in [2.24, 2.45) is 12.8 Å². The average Bonchev–Trinajstić information content (AvgIpc) is 3.30. The fourth-order valence-electron chi connectivity index (χ4n) is 2.79. The number of carbonyl (C=O) groups excluding carboxylic acids is 2. The Kier molecular flexibility index (Phi) is 4.02. The molecule has 7 heteroatoms. The van der Waals surface area contributed by atoms with Crippen LogP contribution in [0, 0.1) is 6.92 Å². The molecule has 0 radical (unpaired) electrons. The number of rotatable bonds is 6. The molecule has 2 aromatic rings. The van der Waals surface area contributed by atoms with Crippen molar-refractivity contribution in [1.29, 1.82) is 0 Å². The van der Waals surface area contributed by atoms with Gasteiger partial charge in [-0.3, -0.25) is 14.3 Å². The zero-order chi connectivity index (χ0) is 16.6. The Labute approximate surface area is 134 Å². The Bertz CT molecular complexity index is 776. The van der Waals surface area contributed by atoms with Gasteiger partial charge in [0, 0.05) is 31.6 Å². The predicted molar refractivity (Wildman–Crippen MR) is 86.0 cm³/mol. The van der Waals surface area contributed by atoms with Crippen LogP contribution in [0.5, 0.6) is 0 Å². The molecule has 1 fully saturated rings. The second kappa shape index (κ2) is 5.98. The molecule has 0 saturated heterocycles. The molecule has 7 nitrogen and oxygen atoms in total. The van der Waals surface area contributed by atoms with E-state index in [9.17, 15) is 9.59 Å². The first-order valence-corrected chi connectivity index (χ1v) is 7.88. The van der Waals surface area contributed by atoms with E-state index < -0.39 is 0 Å². The molecule has 0 aromatic carbocycles. The number of nitrogens with two attached hydrogens (primary N) is 1. The van der Waals surface area contributed by atoms with E-state index in [-0.39, 0.29) is 18.2 Å². The molecule has 2 heterocycles. The van der Waals surface area contributed by atoms with Crippen molar-refractivity contribution in [3.63, 3.8) is 0 Å². The van der Waals surface area contributed by atoms with Crippen molar-refractivity contribution >= 4 is 22.8 Å². The number of hydrogen-bond acceptors (Lipinski definition) is 4. The third-order valence-corrected chi connectivity index (χ3v) is 4.11. The van der Waals surface area contributed by atoms with Gasteiger partial charge in [0.05, 0.1) is 16.6 Å². The zero-order valence-electron chi connectivity index (χ0n) is 13.4. The van der Waals surface area contributed by atoms with Crippen LogP contribution in [0.1, 0.15) is 53.3 Å². The first kappa shape index (κ1) is 15.5. The summed E-state index contributed by atoms with van der Waals surface area (Å²) in [4.78, 5) is 28.0. The van der Waals surface area contributed by atoms with Crippen LogP contribution in [0.15, 0.2) is 6.07 Å². The molecule has 0 aliphatic heterocycles. The van der Waals surface area contributed by atoms with E-state index in [2.05, 4.69) is 15.4 Å². The Morgan fingerprint density at radius 2 is 2.17 bits per heavy atom. The van der Waals surface area contributed by atoms with E-state index in [4.69, 9.17) is 5.73 Å². The van der Waals surface area contributed by atoms with E-state index in [1.165, 1.54) is 0 Å². The summed E-state index contributed by atoms with van der Waals surface area (Å²) in [5.41, 5.74) is 8.22. The molecule has 0 spiro atoms. The van der Waals surface area contributed by atoms with E-state index in [0.29, 0.717) is 24.4 Å². The van der Waals surface area contributed by atoms with Gasteiger partial charge in [-0.05, 0) is 32.3 Å². The molecule has 3 rings (SSSR count).